The van der Waals surface area contributed by atoms with Gasteiger partial charge in [0.25, 0.3) is 0 Å². The molecule has 1 N–H and O–H groups in total. The molecule has 0 aliphatic carbocycles. The summed E-state index contributed by atoms with van der Waals surface area (Å²) in [5.74, 6) is 0. The average molecular weight is 141 g/mol. The second kappa shape index (κ2) is 3.35. The van der Waals surface area contributed by atoms with E-state index in [9.17, 15) is 0 Å². The Kier molecular flexibility index (Phi) is 2.69. The topological polar surface area (TPSA) is 15.3 Å². The number of rotatable bonds is 1. The maximum Gasteiger partial charge on any atom is 0.0474 e. The summed E-state index contributed by atoms with van der Waals surface area (Å²) < 4.78 is 0. The normalized spacial score (nSPS) is 24.0. The lowest BCUT2D eigenvalue weighted by atomic mass is 10.2. The number of hydrogen-bond acceptors (Lipinski definition) is 2. The zero-order chi connectivity index (χ0) is 7.56. The van der Waals surface area contributed by atoms with Crippen molar-refractivity contribution in [2.45, 2.75) is 26.8 Å². The highest BCUT2D eigenvalue weighted by atomic mass is 15.2. The van der Waals surface area contributed by atoms with Crippen molar-refractivity contribution in [3.8, 4) is 0 Å². The first-order valence-electron chi connectivity index (χ1n) is 4.00. The van der Waals surface area contributed by atoms with Crippen LogP contribution in [0.3, 0.4) is 0 Å². The zero-order valence-electron chi connectivity index (χ0n) is 7.15. The first kappa shape index (κ1) is 8.02. The van der Waals surface area contributed by atoms with Crippen LogP contribution in [0.1, 0.15) is 20.8 Å². The van der Waals surface area contributed by atoms with Gasteiger partial charge in [-0.15, -0.1) is 0 Å². The molecule has 1 radical (unpaired) electrons. The molecule has 1 aliphatic rings. The molecule has 0 bridgehead atoms. The first-order valence-corrected chi connectivity index (χ1v) is 4.00. The Morgan fingerprint density at radius 1 is 1.50 bits per heavy atom. The lowest BCUT2D eigenvalue weighted by Crippen LogP contribution is -2.47. The van der Waals surface area contributed by atoms with Crippen LogP contribution in [0.15, 0.2) is 0 Å². The molecule has 0 spiro atoms. The molecule has 1 fully saturated rings. The molecule has 59 valence electrons. The highest BCUT2D eigenvalue weighted by molar-refractivity contribution is 4.90. The van der Waals surface area contributed by atoms with Gasteiger partial charge in [0.1, 0.15) is 0 Å². The molecule has 2 heteroatoms. The van der Waals surface area contributed by atoms with Gasteiger partial charge in [-0.25, -0.2) is 0 Å². The van der Waals surface area contributed by atoms with E-state index in [1.807, 2.05) is 0 Å². The van der Waals surface area contributed by atoms with E-state index in [0.29, 0.717) is 6.04 Å². The molecule has 1 aliphatic heterocycles. The first-order chi connectivity index (χ1) is 4.70. The molecular formula is C8H17N2. The lowest BCUT2D eigenvalue weighted by Gasteiger charge is -2.34. The van der Waals surface area contributed by atoms with Gasteiger partial charge in [0.2, 0.25) is 0 Å². The highest BCUT2D eigenvalue weighted by Crippen LogP contribution is 2.06. The molecule has 0 aromatic rings. The van der Waals surface area contributed by atoms with Crippen LogP contribution in [0.2, 0.25) is 0 Å². The maximum atomic E-state index is 3.34. The van der Waals surface area contributed by atoms with E-state index in [-0.39, 0.29) is 0 Å². The van der Waals surface area contributed by atoms with Crippen molar-refractivity contribution < 1.29 is 0 Å². The zero-order valence-corrected chi connectivity index (χ0v) is 7.15. The minimum atomic E-state index is 0.692. The van der Waals surface area contributed by atoms with Gasteiger partial charge >= 0.3 is 0 Å². The number of piperazine rings is 1. The Labute approximate surface area is 63.6 Å². The van der Waals surface area contributed by atoms with Gasteiger partial charge in [0.15, 0.2) is 0 Å². The van der Waals surface area contributed by atoms with E-state index in [2.05, 4.69) is 31.0 Å². The SMILES string of the molecule is C[C]1CN(C(C)C)CCN1. The summed E-state index contributed by atoms with van der Waals surface area (Å²) in [5.41, 5.74) is 0. The molecule has 2 nitrogen and oxygen atoms in total. The molecule has 0 saturated carbocycles. The third kappa shape index (κ3) is 1.96. The summed E-state index contributed by atoms with van der Waals surface area (Å²) in [6.45, 7) is 10.1. The monoisotopic (exact) mass is 141 g/mol. The number of hydrogen-bond donors (Lipinski definition) is 1. The van der Waals surface area contributed by atoms with Crippen molar-refractivity contribution in [2.75, 3.05) is 19.6 Å². The molecule has 1 rings (SSSR count). The van der Waals surface area contributed by atoms with Gasteiger partial charge < -0.3 is 5.32 Å². The van der Waals surface area contributed by atoms with Crippen LogP contribution in [0, 0.1) is 6.04 Å². The molecule has 0 amide bonds. The number of nitrogens with zero attached hydrogens (tertiary/aromatic N) is 1. The van der Waals surface area contributed by atoms with Crippen molar-refractivity contribution in [2.24, 2.45) is 0 Å². The summed E-state index contributed by atoms with van der Waals surface area (Å²) in [4.78, 5) is 2.48. The maximum absolute atomic E-state index is 3.34. The molecule has 1 heterocycles. The second-order valence-corrected chi connectivity index (χ2v) is 3.27. The number of nitrogens with one attached hydrogen (secondary N) is 1. The minimum absolute atomic E-state index is 0.692. The molecule has 0 aromatic heterocycles. The Bertz CT molecular complexity index is 101. The van der Waals surface area contributed by atoms with Crippen molar-refractivity contribution in [3.63, 3.8) is 0 Å². The van der Waals surface area contributed by atoms with Crippen molar-refractivity contribution in [1.29, 1.82) is 0 Å². The van der Waals surface area contributed by atoms with Gasteiger partial charge in [0, 0.05) is 31.7 Å². The van der Waals surface area contributed by atoms with E-state index >= 15 is 0 Å². The lowest BCUT2D eigenvalue weighted by molar-refractivity contribution is 0.198. The second-order valence-electron chi connectivity index (χ2n) is 3.27. The fourth-order valence-electron chi connectivity index (χ4n) is 1.29. The molecular weight excluding hydrogens is 124 g/mol. The molecule has 0 unspecified atom stereocenters. The van der Waals surface area contributed by atoms with E-state index in [0.717, 1.165) is 13.1 Å². The standard InChI is InChI=1S/C8H17N2/c1-7(2)10-5-4-9-8(3)6-10/h7,9H,4-6H2,1-3H3. The molecule has 0 atom stereocenters. The van der Waals surface area contributed by atoms with Crippen LogP contribution in [0.25, 0.3) is 0 Å². The van der Waals surface area contributed by atoms with E-state index < -0.39 is 0 Å². The van der Waals surface area contributed by atoms with E-state index in [1.165, 1.54) is 12.6 Å². The Balaban J connectivity index is 2.32. The predicted molar refractivity (Wildman–Crippen MR) is 43.6 cm³/mol. The highest BCUT2D eigenvalue weighted by Gasteiger charge is 2.17. The van der Waals surface area contributed by atoms with Gasteiger partial charge in [-0.05, 0) is 20.8 Å². The summed E-state index contributed by atoms with van der Waals surface area (Å²) in [6.07, 6.45) is 0. The third-order valence-electron chi connectivity index (χ3n) is 2.00. The Morgan fingerprint density at radius 3 is 2.60 bits per heavy atom. The smallest absolute Gasteiger partial charge is 0.0474 e. The van der Waals surface area contributed by atoms with Gasteiger partial charge in [-0.2, -0.15) is 0 Å². The van der Waals surface area contributed by atoms with E-state index in [4.69, 9.17) is 0 Å². The Morgan fingerprint density at radius 2 is 2.20 bits per heavy atom. The van der Waals surface area contributed by atoms with Crippen molar-refractivity contribution >= 4 is 0 Å². The van der Waals surface area contributed by atoms with Crippen LogP contribution >= 0.6 is 0 Å². The van der Waals surface area contributed by atoms with Crippen LogP contribution in [0.5, 0.6) is 0 Å². The fourth-order valence-corrected chi connectivity index (χ4v) is 1.29. The summed E-state index contributed by atoms with van der Waals surface area (Å²) in [6, 6.07) is 2.09. The third-order valence-corrected chi connectivity index (χ3v) is 2.00. The molecule has 10 heavy (non-hydrogen) atoms. The van der Waals surface area contributed by atoms with Crippen molar-refractivity contribution in [1.82, 2.24) is 10.2 Å². The van der Waals surface area contributed by atoms with Crippen molar-refractivity contribution in [3.05, 3.63) is 6.04 Å². The van der Waals surface area contributed by atoms with Crippen LogP contribution in [-0.2, 0) is 0 Å². The molecule has 1 saturated heterocycles. The quantitative estimate of drug-likeness (QED) is 0.582. The summed E-state index contributed by atoms with van der Waals surface area (Å²) >= 11 is 0. The Hall–Kier alpha value is -0.0800. The predicted octanol–water partition coefficient (Wildman–Crippen LogP) is 0.852. The van der Waals surface area contributed by atoms with E-state index in [1.54, 1.807) is 0 Å². The average Bonchev–Trinajstić information content (AvgIpc) is 1.88. The fraction of sp³-hybridized carbons (Fsp3) is 0.875. The molecule has 0 aromatic carbocycles. The largest absolute Gasteiger partial charge is 0.307 e. The van der Waals surface area contributed by atoms with Gasteiger partial charge in [0.05, 0.1) is 0 Å². The summed E-state index contributed by atoms with van der Waals surface area (Å²) in [5, 5.41) is 3.34. The summed E-state index contributed by atoms with van der Waals surface area (Å²) in [7, 11) is 0. The van der Waals surface area contributed by atoms with Gasteiger partial charge in [-0.3, -0.25) is 4.90 Å². The van der Waals surface area contributed by atoms with Crippen LogP contribution in [0.4, 0.5) is 0 Å². The minimum Gasteiger partial charge on any atom is -0.307 e. The van der Waals surface area contributed by atoms with Crippen LogP contribution < -0.4 is 5.32 Å². The van der Waals surface area contributed by atoms with Gasteiger partial charge in [-0.1, -0.05) is 0 Å². The van der Waals surface area contributed by atoms with Crippen LogP contribution in [-0.4, -0.2) is 30.6 Å².